The fourth-order valence-electron chi connectivity index (χ4n) is 1.94. The molecule has 0 aromatic heterocycles. The predicted octanol–water partition coefficient (Wildman–Crippen LogP) is 4.92. The summed E-state index contributed by atoms with van der Waals surface area (Å²) in [6, 6.07) is 14.0. The van der Waals surface area contributed by atoms with Crippen molar-refractivity contribution >= 4 is 34.6 Å². The Balaban J connectivity index is 1.96. The Morgan fingerprint density at radius 2 is 1.96 bits per heavy atom. The second-order valence-corrected chi connectivity index (χ2v) is 6.38. The van der Waals surface area contributed by atoms with Crippen molar-refractivity contribution in [1.82, 2.24) is 0 Å². The second kappa shape index (κ2) is 9.27. The van der Waals surface area contributed by atoms with Gasteiger partial charge < -0.3 is 9.47 Å². The minimum Gasteiger partial charge on any atom is -0.488 e. The third kappa shape index (κ3) is 5.85. The first-order valence-electron chi connectivity index (χ1n) is 7.52. The van der Waals surface area contributed by atoms with Crippen LogP contribution in [0.25, 0.3) is 6.08 Å². The summed E-state index contributed by atoms with van der Waals surface area (Å²) < 4.78 is 11.7. The lowest BCUT2D eigenvalue weighted by molar-refractivity contribution is -0.136. The van der Waals surface area contributed by atoms with Gasteiger partial charge in [0.1, 0.15) is 19.0 Å². The van der Waals surface area contributed by atoms with E-state index in [0.717, 1.165) is 20.4 Å². The average molecular weight is 434 g/mol. The summed E-state index contributed by atoms with van der Waals surface area (Å²) in [7, 11) is 0. The van der Waals surface area contributed by atoms with E-state index in [0.29, 0.717) is 6.61 Å². The van der Waals surface area contributed by atoms with Crippen LogP contribution < -0.4 is 4.74 Å². The topological polar surface area (TPSA) is 35.5 Å². The van der Waals surface area contributed by atoms with Crippen LogP contribution in [0.15, 0.2) is 61.2 Å². The minimum absolute atomic E-state index is 0.215. The molecule has 2 aromatic carbocycles. The highest BCUT2D eigenvalue weighted by atomic mass is 127. The quantitative estimate of drug-likeness (QED) is 0.269. The van der Waals surface area contributed by atoms with E-state index in [9.17, 15) is 4.79 Å². The fourth-order valence-corrected chi connectivity index (χ4v) is 2.63. The van der Waals surface area contributed by atoms with Gasteiger partial charge in [-0.2, -0.15) is 0 Å². The molecule has 0 spiro atoms. The summed E-state index contributed by atoms with van der Waals surface area (Å²) >= 11 is 2.23. The predicted molar refractivity (Wildman–Crippen MR) is 105 cm³/mol. The summed E-state index contributed by atoms with van der Waals surface area (Å²) in [5, 5.41) is 0. The van der Waals surface area contributed by atoms with Gasteiger partial charge in [-0.1, -0.05) is 48.6 Å². The molecule has 2 rings (SSSR count). The normalized spacial score (nSPS) is 10.6. The summed E-state index contributed by atoms with van der Waals surface area (Å²) in [5.41, 5.74) is 3.28. The van der Waals surface area contributed by atoms with E-state index in [4.69, 9.17) is 9.47 Å². The lowest BCUT2D eigenvalue weighted by atomic mass is 10.2. The van der Waals surface area contributed by atoms with Gasteiger partial charge >= 0.3 is 5.97 Å². The van der Waals surface area contributed by atoms with Crippen LogP contribution in [-0.2, 0) is 16.1 Å². The molecule has 0 atom stereocenters. The molecule has 0 saturated carbocycles. The average Bonchev–Trinajstić information content (AvgIpc) is 2.58. The van der Waals surface area contributed by atoms with E-state index in [1.807, 2.05) is 18.2 Å². The van der Waals surface area contributed by atoms with Gasteiger partial charge in [-0.3, -0.25) is 0 Å². The van der Waals surface area contributed by atoms with Gasteiger partial charge in [0.2, 0.25) is 0 Å². The zero-order chi connectivity index (χ0) is 17.4. The summed E-state index contributed by atoms with van der Waals surface area (Å²) in [4.78, 5) is 11.4. The summed E-state index contributed by atoms with van der Waals surface area (Å²) in [6.45, 7) is 6.30. The number of halogens is 1. The molecule has 0 fully saturated rings. The highest BCUT2D eigenvalue weighted by Gasteiger charge is 2.03. The molecule has 124 valence electrons. The number of ether oxygens (including phenoxy) is 2. The molecule has 3 nitrogen and oxygen atoms in total. The van der Waals surface area contributed by atoms with Gasteiger partial charge in [0, 0.05) is 6.08 Å². The highest BCUT2D eigenvalue weighted by molar-refractivity contribution is 14.1. The van der Waals surface area contributed by atoms with Crippen molar-refractivity contribution < 1.29 is 14.3 Å². The molecular weight excluding hydrogens is 415 g/mol. The summed E-state index contributed by atoms with van der Waals surface area (Å²) in [5.74, 6) is 0.437. The van der Waals surface area contributed by atoms with Crippen LogP contribution >= 0.6 is 22.6 Å². The molecule has 0 saturated heterocycles. The van der Waals surface area contributed by atoms with E-state index in [2.05, 4.69) is 60.4 Å². The maximum atomic E-state index is 11.4. The minimum atomic E-state index is -0.385. The van der Waals surface area contributed by atoms with Gasteiger partial charge in [0.25, 0.3) is 0 Å². The summed E-state index contributed by atoms with van der Waals surface area (Å²) in [6.07, 6.45) is 4.66. The van der Waals surface area contributed by atoms with Crippen molar-refractivity contribution in [3.8, 4) is 5.75 Å². The molecule has 24 heavy (non-hydrogen) atoms. The van der Waals surface area contributed by atoms with Gasteiger partial charge in [-0.25, -0.2) is 4.79 Å². The monoisotopic (exact) mass is 434 g/mol. The van der Waals surface area contributed by atoms with Crippen LogP contribution in [0.3, 0.4) is 0 Å². The molecule has 0 radical (unpaired) electrons. The van der Waals surface area contributed by atoms with E-state index >= 15 is 0 Å². The van der Waals surface area contributed by atoms with Gasteiger partial charge in [0.15, 0.2) is 0 Å². The van der Waals surface area contributed by atoms with Gasteiger partial charge in [-0.15, -0.1) is 0 Å². The molecule has 0 unspecified atom stereocenters. The van der Waals surface area contributed by atoms with Gasteiger partial charge in [-0.05, 0) is 58.9 Å². The van der Waals surface area contributed by atoms with Crippen LogP contribution in [-0.4, -0.2) is 12.6 Å². The van der Waals surface area contributed by atoms with Crippen LogP contribution in [0, 0.1) is 10.5 Å². The van der Waals surface area contributed by atoms with Crippen molar-refractivity contribution in [2.24, 2.45) is 0 Å². The molecule has 0 N–H and O–H groups in total. The van der Waals surface area contributed by atoms with E-state index in [-0.39, 0.29) is 12.6 Å². The Hall–Kier alpha value is -2.08. The Morgan fingerprint density at radius 1 is 1.21 bits per heavy atom. The van der Waals surface area contributed by atoms with E-state index in [1.165, 1.54) is 17.7 Å². The maximum absolute atomic E-state index is 11.4. The molecule has 0 amide bonds. The number of carbonyl (C=O) groups is 1. The molecule has 0 aliphatic rings. The first-order chi connectivity index (χ1) is 11.6. The van der Waals surface area contributed by atoms with E-state index in [1.54, 1.807) is 6.08 Å². The Labute approximate surface area is 156 Å². The third-order valence-electron chi connectivity index (χ3n) is 3.23. The standard InChI is InChI=1S/C20H19IO3/c1-3-12-23-20(22)11-9-16-8-10-19(18(21)13-16)24-14-17-6-4-15(2)5-7-17/h3-11,13H,1,12,14H2,2H3/b11-9+. The van der Waals surface area contributed by atoms with Crippen LogP contribution in [0.5, 0.6) is 5.75 Å². The third-order valence-corrected chi connectivity index (χ3v) is 4.07. The number of hydrogen-bond donors (Lipinski definition) is 0. The molecule has 0 bridgehead atoms. The number of hydrogen-bond acceptors (Lipinski definition) is 3. The SMILES string of the molecule is C=CCOC(=O)/C=C/c1ccc(OCc2ccc(C)cc2)c(I)c1. The highest BCUT2D eigenvalue weighted by Crippen LogP contribution is 2.23. The zero-order valence-electron chi connectivity index (χ0n) is 13.5. The first-order valence-corrected chi connectivity index (χ1v) is 8.60. The lowest BCUT2D eigenvalue weighted by Gasteiger charge is -2.09. The Bertz CT molecular complexity index is 733. The molecule has 2 aromatic rings. The van der Waals surface area contributed by atoms with Gasteiger partial charge in [0.05, 0.1) is 3.57 Å². The van der Waals surface area contributed by atoms with Crippen LogP contribution in [0.1, 0.15) is 16.7 Å². The number of carbonyl (C=O) groups excluding carboxylic acids is 1. The second-order valence-electron chi connectivity index (χ2n) is 5.22. The van der Waals surface area contributed by atoms with E-state index < -0.39 is 0 Å². The van der Waals surface area contributed by atoms with Crippen molar-refractivity contribution in [2.45, 2.75) is 13.5 Å². The Morgan fingerprint density at radius 3 is 2.62 bits per heavy atom. The first kappa shape index (κ1) is 18.3. The molecule has 0 aliphatic carbocycles. The maximum Gasteiger partial charge on any atom is 0.331 e. The lowest BCUT2D eigenvalue weighted by Crippen LogP contribution is -1.99. The van der Waals surface area contributed by atoms with Crippen molar-refractivity contribution in [2.75, 3.05) is 6.61 Å². The van der Waals surface area contributed by atoms with Crippen molar-refractivity contribution in [3.05, 3.63) is 81.5 Å². The molecule has 0 heterocycles. The smallest absolute Gasteiger partial charge is 0.331 e. The molecular formula is C20H19IO3. The fraction of sp³-hybridized carbons (Fsp3) is 0.150. The number of aryl methyl sites for hydroxylation is 1. The zero-order valence-corrected chi connectivity index (χ0v) is 15.7. The largest absolute Gasteiger partial charge is 0.488 e. The van der Waals surface area contributed by atoms with Crippen molar-refractivity contribution in [3.63, 3.8) is 0 Å². The van der Waals surface area contributed by atoms with Crippen LogP contribution in [0.2, 0.25) is 0 Å². The van der Waals surface area contributed by atoms with Crippen molar-refractivity contribution in [1.29, 1.82) is 0 Å². The van der Waals surface area contributed by atoms with Crippen LogP contribution in [0.4, 0.5) is 0 Å². The molecule has 4 heteroatoms. The molecule has 0 aliphatic heterocycles. The Kier molecular flexibility index (Phi) is 7.06. The number of esters is 1. The number of rotatable bonds is 7. The number of benzene rings is 2.